The maximum Gasteiger partial charge on any atom is 0.430 e. The molecule has 3 rings (SSSR count). The number of amides is 2. The van der Waals surface area contributed by atoms with E-state index in [2.05, 4.69) is 10.6 Å². The average molecular weight is 564 g/mol. The Bertz CT molecular complexity index is 1090. The molecule has 0 atom stereocenters. The molecule has 0 saturated carbocycles. The fourth-order valence-corrected chi connectivity index (χ4v) is 4.09. The van der Waals surface area contributed by atoms with Crippen molar-refractivity contribution >= 4 is 11.7 Å². The van der Waals surface area contributed by atoms with Crippen LogP contribution in [0.15, 0.2) is 48.5 Å². The van der Waals surface area contributed by atoms with Crippen molar-refractivity contribution in [1.29, 1.82) is 0 Å². The third kappa shape index (κ3) is 7.99. The van der Waals surface area contributed by atoms with Crippen LogP contribution in [0.5, 0.6) is 5.75 Å². The topological polar surface area (TPSA) is 94.1 Å². The van der Waals surface area contributed by atoms with Crippen molar-refractivity contribution in [2.45, 2.75) is 62.9 Å². The molecule has 0 bridgehead atoms. The summed E-state index contributed by atoms with van der Waals surface area (Å²) >= 11 is 0. The van der Waals surface area contributed by atoms with Crippen LogP contribution in [0.1, 0.15) is 37.8 Å². The Morgan fingerprint density at radius 3 is 2.10 bits per heavy atom. The molecule has 0 spiro atoms. The molecule has 1 aliphatic heterocycles. The summed E-state index contributed by atoms with van der Waals surface area (Å²) in [6.45, 7) is 4.68. The molecule has 1 heterocycles. The monoisotopic (exact) mass is 563 g/mol. The minimum Gasteiger partial charge on any atom is -0.490 e. The van der Waals surface area contributed by atoms with E-state index in [0.717, 1.165) is 12.1 Å². The molecule has 1 fully saturated rings. The first-order valence-electron chi connectivity index (χ1n) is 12.2. The van der Waals surface area contributed by atoms with Crippen LogP contribution in [0.4, 0.5) is 36.8 Å². The van der Waals surface area contributed by atoms with Crippen LogP contribution >= 0.6 is 0 Å². The van der Waals surface area contributed by atoms with Gasteiger partial charge in [-0.15, -0.1) is 0 Å². The quantitative estimate of drug-likeness (QED) is 0.342. The van der Waals surface area contributed by atoms with Crippen LogP contribution in [-0.4, -0.2) is 64.8 Å². The largest absolute Gasteiger partial charge is 0.490 e. The van der Waals surface area contributed by atoms with Gasteiger partial charge in [-0.05, 0) is 44.4 Å². The van der Waals surface area contributed by atoms with E-state index in [0.29, 0.717) is 61.6 Å². The van der Waals surface area contributed by atoms with Crippen molar-refractivity contribution in [1.82, 2.24) is 10.2 Å². The maximum absolute atomic E-state index is 13.1. The number of benzene rings is 2. The Balaban J connectivity index is 1.52. The number of hydrogen-bond acceptors (Lipinski definition) is 5. The van der Waals surface area contributed by atoms with Crippen molar-refractivity contribution in [3.8, 4) is 5.75 Å². The number of anilines is 1. The van der Waals surface area contributed by atoms with Crippen LogP contribution in [0.3, 0.4) is 0 Å². The Labute approximate surface area is 221 Å². The Hall–Kier alpha value is -3.03. The number of rotatable bonds is 8. The van der Waals surface area contributed by atoms with Gasteiger partial charge in [0.1, 0.15) is 11.9 Å². The Morgan fingerprint density at radius 1 is 0.974 bits per heavy atom. The van der Waals surface area contributed by atoms with Gasteiger partial charge in [-0.3, -0.25) is 4.90 Å². The lowest BCUT2D eigenvalue weighted by Crippen LogP contribution is -2.53. The molecule has 0 aromatic heterocycles. The van der Waals surface area contributed by atoms with Crippen molar-refractivity contribution in [3.63, 3.8) is 0 Å². The number of likely N-dealkylation sites (tertiary alicyclic amines) is 1. The fourth-order valence-electron chi connectivity index (χ4n) is 4.09. The zero-order valence-corrected chi connectivity index (χ0v) is 21.4. The predicted molar refractivity (Wildman–Crippen MR) is 131 cm³/mol. The van der Waals surface area contributed by atoms with E-state index in [1.807, 2.05) is 4.90 Å². The second-order valence-corrected chi connectivity index (χ2v) is 10.1. The van der Waals surface area contributed by atoms with E-state index in [1.165, 1.54) is 0 Å². The number of urea groups is 1. The molecule has 13 heteroatoms. The average Bonchev–Trinajstić information content (AvgIpc) is 2.82. The van der Waals surface area contributed by atoms with Gasteiger partial charge in [-0.25, -0.2) is 4.79 Å². The highest BCUT2D eigenvalue weighted by Crippen LogP contribution is 2.50. The second kappa shape index (κ2) is 11.6. The Kier molecular flexibility index (Phi) is 9.08. The maximum atomic E-state index is 13.1. The van der Waals surface area contributed by atoms with E-state index >= 15 is 0 Å². The summed E-state index contributed by atoms with van der Waals surface area (Å²) in [5, 5.41) is 24.5. The number of nitrogens with zero attached hydrogens (tertiary/aromatic N) is 1. The zero-order valence-electron chi connectivity index (χ0n) is 21.4. The molecule has 2 aromatic carbocycles. The molecule has 39 heavy (non-hydrogen) atoms. The summed E-state index contributed by atoms with van der Waals surface area (Å²) in [7, 11) is 0. The molecule has 4 N–H and O–H groups in total. The summed E-state index contributed by atoms with van der Waals surface area (Å²) in [5.41, 5.74) is -6.27. The van der Waals surface area contributed by atoms with E-state index in [4.69, 9.17) is 4.74 Å². The van der Waals surface area contributed by atoms with Crippen molar-refractivity contribution in [2.24, 2.45) is 0 Å². The molecule has 2 aromatic rings. The minimum atomic E-state index is -5.92. The van der Waals surface area contributed by atoms with Gasteiger partial charge < -0.3 is 25.6 Å². The van der Waals surface area contributed by atoms with Crippen LogP contribution in [0, 0.1) is 0 Å². The highest BCUT2D eigenvalue weighted by Gasteiger charge is 2.71. The van der Waals surface area contributed by atoms with E-state index < -0.39 is 35.1 Å². The molecule has 1 saturated heterocycles. The molecule has 1 aliphatic rings. The number of carbonyl (C=O) groups excluding carboxylic acids is 1. The lowest BCUT2D eigenvalue weighted by atomic mass is 9.91. The smallest absolute Gasteiger partial charge is 0.430 e. The number of carbonyl (C=O) groups is 1. The molecule has 7 nitrogen and oxygen atoms in total. The predicted octanol–water partition coefficient (Wildman–Crippen LogP) is 4.93. The second-order valence-electron chi connectivity index (χ2n) is 10.1. The molecule has 0 aliphatic carbocycles. The van der Waals surface area contributed by atoms with Gasteiger partial charge >= 0.3 is 18.4 Å². The minimum absolute atomic E-state index is 0.0705. The summed E-state index contributed by atoms with van der Waals surface area (Å²) < 4.78 is 84.5. The number of hydrogen-bond donors (Lipinski definition) is 4. The van der Waals surface area contributed by atoms with Crippen LogP contribution in [0.25, 0.3) is 0 Å². The lowest BCUT2D eigenvalue weighted by molar-refractivity contribution is -0.376. The van der Waals surface area contributed by atoms with E-state index in [-0.39, 0.29) is 12.6 Å². The number of aliphatic hydroxyl groups is 2. The molecule has 216 valence electrons. The van der Waals surface area contributed by atoms with Crippen LogP contribution in [-0.2, 0) is 12.1 Å². The first kappa shape index (κ1) is 30.5. The summed E-state index contributed by atoms with van der Waals surface area (Å²) in [6, 6.07) is 9.95. The Morgan fingerprint density at radius 2 is 1.56 bits per heavy atom. The van der Waals surface area contributed by atoms with Crippen LogP contribution < -0.4 is 15.4 Å². The van der Waals surface area contributed by atoms with E-state index in [1.54, 1.807) is 38.1 Å². The highest BCUT2D eigenvalue weighted by atomic mass is 19.4. The third-order valence-corrected chi connectivity index (χ3v) is 6.21. The van der Waals surface area contributed by atoms with Gasteiger partial charge in [0.05, 0.1) is 5.60 Å². The van der Waals surface area contributed by atoms with E-state index in [9.17, 15) is 41.4 Å². The van der Waals surface area contributed by atoms with Gasteiger partial charge in [-0.2, -0.15) is 26.3 Å². The summed E-state index contributed by atoms with van der Waals surface area (Å²) in [4.78, 5) is 14.0. The molecule has 0 unspecified atom stereocenters. The molecular weight excluding hydrogens is 532 g/mol. The van der Waals surface area contributed by atoms with Gasteiger partial charge in [0.25, 0.3) is 5.60 Å². The third-order valence-electron chi connectivity index (χ3n) is 6.21. The zero-order chi connectivity index (χ0) is 29.1. The lowest BCUT2D eigenvalue weighted by Gasteiger charge is -2.33. The first-order valence-corrected chi connectivity index (χ1v) is 12.2. The van der Waals surface area contributed by atoms with Crippen molar-refractivity contribution in [3.05, 3.63) is 59.7 Å². The molecule has 0 radical (unpaired) electrons. The molecule has 2 amide bonds. The van der Waals surface area contributed by atoms with Gasteiger partial charge in [0, 0.05) is 43.5 Å². The number of piperidine rings is 1. The number of halogens is 6. The summed E-state index contributed by atoms with van der Waals surface area (Å²) in [5.74, 6) is 0.547. The van der Waals surface area contributed by atoms with Crippen LogP contribution in [0.2, 0.25) is 0 Å². The highest BCUT2D eigenvalue weighted by molar-refractivity contribution is 5.89. The van der Waals surface area contributed by atoms with Gasteiger partial charge in [0.15, 0.2) is 0 Å². The standard InChI is InChI=1S/C26H31F6N3O4/c1-23(2,37)16-33-22(36)34-19-4-3-5-21(14-19)39-20-10-12-35(13-11-20)15-17-6-8-18(9-7-17)24(38,25(27,28)29)26(30,31)32/h3-9,14,20,37-38H,10-13,15-16H2,1-2H3,(H2,33,34,36). The number of nitrogens with one attached hydrogen (secondary N) is 2. The summed E-state index contributed by atoms with van der Waals surface area (Å²) in [6.07, 6.45) is -10.7. The van der Waals surface area contributed by atoms with Gasteiger partial charge in [0.2, 0.25) is 0 Å². The fraction of sp³-hybridized carbons (Fsp3) is 0.500. The van der Waals surface area contributed by atoms with Crippen molar-refractivity contribution in [2.75, 3.05) is 25.0 Å². The SMILES string of the molecule is CC(C)(O)CNC(=O)Nc1cccc(OC2CCN(Cc3ccc(C(O)(C(F)(F)F)C(F)(F)F)cc3)CC2)c1. The molecular formula is C26H31F6N3O4. The van der Waals surface area contributed by atoms with Crippen molar-refractivity contribution < 1.29 is 46.1 Å². The number of ether oxygens (including phenoxy) is 1. The number of alkyl halides is 6. The van der Waals surface area contributed by atoms with Gasteiger partial charge in [-0.1, -0.05) is 30.3 Å². The normalized spacial score (nSPS) is 16.2. The first-order chi connectivity index (χ1) is 18.0.